The molecule has 2 aromatic carbocycles. The minimum absolute atomic E-state index is 0.0436. The van der Waals surface area contributed by atoms with Crippen molar-refractivity contribution in [2.45, 2.75) is 18.6 Å². The number of carboxylic acid groups (broad SMARTS) is 2. The van der Waals surface area contributed by atoms with Gasteiger partial charge in [0.2, 0.25) is 0 Å². The maximum absolute atomic E-state index is 11.5. The molecule has 0 amide bonds. The molecule has 2 rings (SSSR count). The number of hydrogen-bond donors (Lipinski definition) is 2. The third-order valence-electron chi connectivity index (χ3n) is 3.31. The van der Waals surface area contributed by atoms with E-state index in [1.165, 1.54) is 36.4 Å². The van der Waals surface area contributed by atoms with Crippen molar-refractivity contribution in [2.75, 3.05) is 0 Å². The predicted molar refractivity (Wildman–Crippen MR) is 102 cm³/mol. The molecule has 27 heavy (non-hydrogen) atoms. The van der Waals surface area contributed by atoms with E-state index in [9.17, 15) is 19.8 Å². The monoisotopic (exact) mass is 452 g/mol. The molecule has 0 aliphatic heterocycles. The van der Waals surface area contributed by atoms with Gasteiger partial charge in [-0.1, -0.05) is 46.4 Å². The first kappa shape index (κ1) is 21.4. The molecule has 2 N–H and O–H groups in total. The molecule has 2 atom stereocenters. The number of carbonyl (C=O) groups is 2. The molecule has 0 aliphatic carbocycles. The first-order valence-corrected chi connectivity index (χ1v) is 8.87. The van der Waals surface area contributed by atoms with Gasteiger partial charge in [-0.2, -0.15) is 0 Å². The number of hydrogen-bond acceptors (Lipinski definition) is 4. The normalized spacial score (nSPS) is 12.9. The minimum atomic E-state index is -1.55. The highest BCUT2D eigenvalue weighted by atomic mass is 35.5. The number of aliphatic carboxylic acids is 2. The summed E-state index contributed by atoms with van der Waals surface area (Å²) in [6.07, 6.45) is -3.60. The second-order valence-corrected chi connectivity index (χ2v) is 6.96. The van der Waals surface area contributed by atoms with Gasteiger partial charge < -0.3 is 19.7 Å². The zero-order valence-corrected chi connectivity index (χ0v) is 16.4. The van der Waals surface area contributed by atoms with Crippen LogP contribution >= 0.6 is 46.4 Å². The minimum Gasteiger partial charge on any atom is -0.479 e. The van der Waals surface area contributed by atoms with Crippen LogP contribution in [0.15, 0.2) is 36.4 Å². The van der Waals surface area contributed by atoms with E-state index in [1.54, 1.807) is 0 Å². The summed E-state index contributed by atoms with van der Waals surface area (Å²) in [6, 6.07) is 8.42. The molecule has 0 radical (unpaired) electrons. The van der Waals surface area contributed by atoms with Crippen molar-refractivity contribution in [1.29, 1.82) is 0 Å². The maximum atomic E-state index is 11.5. The molecule has 0 aliphatic rings. The van der Waals surface area contributed by atoms with Crippen LogP contribution in [0.25, 0.3) is 0 Å². The Hall–Kier alpha value is -1.86. The van der Waals surface area contributed by atoms with E-state index in [2.05, 4.69) is 0 Å². The molecule has 10 heteroatoms. The summed E-state index contributed by atoms with van der Waals surface area (Å²) in [5.41, 5.74) is 0. The summed E-state index contributed by atoms with van der Waals surface area (Å²) >= 11 is 23.5. The molecule has 0 saturated carbocycles. The van der Waals surface area contributed by atoms with Crippen molar-refractivity contribution in [2.24, 2.45) is 0 Å². The smallest absolute Gasteiger partial charge is 0.345 e. The van der Waals surface area contributed by atoms with E-state index >= 15 is 0 Å². The molecule has 6 nitrogen and oxygen atoms in total. The highest BCUT2D eigenvalue weighted by Gasteiger charge is 2.31. The van der Waals surface area contributed by atoms with Gasteiger partial charge in [0, 0.05) is 16.5 Å². The van der Waals surface area contributed by atoms with Gasteiger partial charge in [0.05, 0.1) is 10.0 Å². The maximum Gasteiger partial charge on any atom is 0.345 e. The van der Waals surface area contributed by atoms with Crippen molar-refractivity contribution < 1.29 is 29.3 Å². The SMILES string of the molecule is O=C(O)C(CC(Oc1ccc(Cl)cc1Cl)C(=O)O)Oc1ccc(Cl)cc1Cl. The topological polar surface area (TPSA) is 93.1 Å². The fourth-order valence-corrected chi connectivity index (χ4v) is 2.95. The van der Waals surface area contributed by atoms with Gasteiger partial charge in [-0.05, 0) is 36.4 Å². The summed E-state index contributed by atoms with van der Waals surface area (Å²) in [5, 5.41) is 19.6. The number of ether oxygens (including phenoxy) is 2. The van der Waals surface area contributed by atoms with Crippen LogP contribution in [-0.2, 0) is 9.59 Å². The number of benzene rings is 2. The van der Waals surface area contributed by atoms with Crippen molar-refractivity contribution in [3.63, 3.8) is 0 Å². The largest absolute Gasteiger partial charge is 0.479 e. The van der Waals surface area contributed by atoms with Crippen LogP contribution in [0.3, 0.4) is 0 Å². The zero-order chi connectivity index (χ0) is 20.1. The molecule has 144 valence electrons. The van der Waals surface area contributed by atoms with Gasteiger partial charge in [-0.3, -0.25) is 0 Å². The Labute approximate surface area is 174 Å². The second kappa shape index (κ2) is 9.37. The average molecular weight is 454 g/mol. The highest BCUT2D eigenvalue weighted by molar-refractivity contribution is 6.36. The fourth-order valence-electron chi connectivity index (χ4n) is 2.04. The second-order valence-electron chi connectivity index (χ2n) is 5.27. The lowest BCUT2D eigenvalue weighted by Gasteiger charge is -2.21. The van der Waals surface area contributed by atoms with E-state index in [1.807, 2.05) is 0 Å². The van der Waals surface area contributed by atoms with Gasteiger partial charge in [0.15, 0.2) is 12.2 Å². The van der Waals surface area contributed by atoms with Crippen LogP contribution in [0.2, 0.25) is 20.1 Å². The standard InChI is InChI=1S/C17H12Cl4O6/c18-8-1-3-12(10(20)5-8)26-14(16(22)23)7-15(17(24)25)27-13-4-2-9(19)6-11(13)21/h1-6,14-15H,7H2,(H,22,23)(H,24,25). The molecule has 0 fully saturated rings. The van der Waals surface area contributed by atoms with Crippen LogP contribution < -0.4 is 9.47 Å². The summed E-state index contributed by atoms with van der Waals surface area (Å²) in [5.74, 6) is -2.69. The Morgan fingerprint density at radius 2 is 1.15 bits per heavy atom. The summed E-state index contributed by atoms with van der Waals surface area (Å²) < 4.78 is 10.7. The average Bonchev–Trinajstić information content (AvgIpc) is 2.57. The Bertz CT molecular complexity index is 788. The molecule has 0 aromatic heterocycles. The van der Waals surface area contributed by atoms with Crippen molar-refractivity contribution >= 4 is 58.3 Å². The molecule has 2 unspecified atom stereocenters. The molecule has 0 bridgehead atoms. The Morgan fingerprint density at radius 1 is 0.778 bits per heavy atom. The van der Waals surface area contributed by atoms with Gasteiger partial charge >= 0.3 is 11.9 Å². The van der Waals surface area contributed by atoms with Crippen LogP contribution in [0.5, 0.6) is 11.5 Å². The Kier molecular flexibility index (Phi) is 7.44. The first-order valence-electron chi connectivity index (χ1n) is 7.36. The van der Waals surface area contributed by atoms with E-state index < -0.39 is 30.6 Å². The van der Waals surface area contributed by atoms with Gasteiger partial charge in [-0.15, -0.1) is 0 Å². The third kappa shape index (κ3) is 6.07. The molecule has 2 aromatic rings. The molecular weight excluding hydrogens is 442 g/mol. The quantitative estimate of drug-likeness (QED) is 0.580. The fraction of sp³-hybridized carbons (Fsp3) is 0.176. The lowest BCUT2D eigenvalue weighted by atomic mass is 10.1. The zero-order valence-electron chi connectivity index (χ0n) is 13.4. The predicted octanol–water partition coefficient (Wildman–Crippen LogP) is 5.05. The van der Waals surface area contributed by atoms with Crippen molar-refractivity contribution in [3.05, 3.63) is 56.5 Å². The van der Waals surface area contributed by atoms with Crippen molar-refractivity contribution in [1.82, 2.24) is 0 Å². The molecule has 0 saturated heterocycles. The van der Waals surface area contributed by atoms with Gasteiger partial charge in [0.25, 0.3) is 0 Å². The molecular formula is C17H12Cl4O6. The van der Waals surface area contributed by atoms with Crippen LogP contribution in [0.4, 0.5) is 0 Å². The Morgan fingerprint density at radius 3 is 1.44 bits per heavy atom. The first-order chi connectivity index (χ1) is 12.7. The molecule has 0 spiro atoms. The Balaban J connectivity index is 2.19. The van der Waals surface area contributed by atoms with Crippen LogP contribution in [-0.4, -0.2) is 34.4 Å². The number of carboxylic acids is 2. The van der Waals surface area contributed by atoms with Crippen LogP contribution in [0, 0.1) is 0 Å². The van der Waals surface area contributed by atoms with Crippen molar-refractivity contribution in [3.8, 4) is 11.5 Å². The lowest BCUT2D eigenvalue weighted by molar-refractivity contribution is -0.151. The van der Waals surface area contributed by atoms with E-state index in [0.29, 0.717) is 10.0 Å². The molecule has 0 heterocycles. The summed E-state index contributed by atoms with van der Waals surface area (Å²) in [6.45, 7) is 0. The number of halogens is 4. The van der Waals surface area contributed by atoms with Crippen LogP contribution in [0.1, 0.15) is 6.42 Å². The lowest BCUT2D eigenvalue weighted by Crippen LogP contribution is -2.37. The van der Waals surface area contributed by atoms with E-state index in [-0.39, 0.29) is 21.5 Å². The summed E-state index contributed by atoms with van der Waals surface area (Å²) in [4.78, 5) is 23.0. The number of rotatable bonds is 8. The van der Waals surface area contributed by atoms with E-state index in [4.69, 9.17) is 55.9 Å². The highest BCUT2D eigenvalue weighted by Crippen LogP contribution is 2.31. The van der Waals surface area contributed by atoms with E-state index in [0.717, 1.165) is 0 Å². The third-order valence-corrected chi connectivity index (χ3v) is 4.37. The van der Waals surface area contributed by atoms with Gasteiger partial charge in [-0.25, -0.2) is 9.59 Å². The van der Waals surface area contributed by atoms with Gasteiger partial charge in [0.1, 0.15) is 11.5 Å². The summed E-state index contributed by atoms with van der Waals surface area (Å²) in [7, 11) is 0.